The highest BCUT2D eigenvalue weighted by Gasteiger charge is 2.25. The van der Waals surface area contributed by atoms with Crippen molar-refractivity contribution in [2.75, 3.05) is 0 Å². The van der Waals surface area contributed by atoms with Crippen molar-refractivity contribution in [1.82, 2.24) is 20.4 Å². The smallest absolute Gasteiger partial charge is 0.249 e. The summed E-state index contributed by atoms with van der Waals surface area (Å²) in [7, 11) is 0. The first kappa shape index (κ1) is 15.2. The van der Waals surface area contributed by atoms with E-state index in [-0.39, 0.29) is 23.8 Å². The van der Waals surface area contributed by atoms with Crippen LogP contribution in [0, 0.1) is 11.8 Å². The first-order chi connectivity index (χ1) is 9.99. The standard InChI is InChI=1S/C15H20N4O2/c1-9(2)12(17-14(20)10(3)4)15-18-13(19-21-15)11-5-7-16-8-6-11/h5-10,12H,1-4H3,(H,17,20)/t12-/m1/s1. The van der Waals surface area contributed by atoms with E-state index in [1.165, 1.54) is 0 Å². The summed E-state index contributed by atoms with van der Waals surface area (Å²) in [6, 6.07) is 3.33. The average Bonchev–Trinajstić information content (AvgIpc) is 2.94. The number of hydrogen-bond donors (Lipinski definition) is 1. The number of amides is 1. The van der Waals surface area contributed by atoms with E-state index in [0.717, 1.165) is 5.56 Å². The van der Waals surface area contributed by atoms with Crippen molar-refractivity contribution < 1.29 is 9.32 Å². The fourth-order valence-electron chi connectivity index (χ4n) is 1.81. The third-order valence-electron chi connectivity index (χ3n) is 3.14. The maximum absolute atomic E-state index is 11.9. The Hall–Kier alpha value is -2.24. The molecule has 0 aliphatic heterocycles. The van der Waals surface area contributed by atoms with Gasteiger partial charge < -0.3 is 9.84 Å². The highest BCUT2D eigenvalue weighted by molar-refractivity contribution is 5.78. The van der Waals surface area contributed by atoms with Gasteiger partial charge in [0.1, 0.15) is 6.04 Å². The van der Waals surface area contributed by atoms with E-state index in [4.69, 9.17) is 4.52 Å². The molecule has 6 heteroatoms. The second-order valence-corrected chi connectivity index (χ2v) is 5.58. The molecule has 0 fully saturated rings. The zero-order chi connectivity index (χ0) is 15.4. The number of nitrogens with one attached hydrogen (secondary N) is 1. The Balaban J connectivity index is 2.22. The molecule has 2 rings (SSSR count). The second-order valence-electron chi connectivity index (χ2n) is 5.58. The van der Waals surface area contributed by atoms with Gasteiger partial charge in [-0.3, -0.25) is 9.78 Å². The molecule has 0 radical (unpaired) electrons. The summed E-state index contributed by atoms with van der Waals surface area (Å²) in [5, 5.41) is 6.93. The number of hydrogen-bond acceptors (Lipinski definition) is 5. The van der Waals surface area contributed by atoms with Gasteiger partial charge in [0.25, 0.3) is 0 Å². The summed E-state index contributed by atoms with van der Waals surface area (Å²) in [5.74, 6) is 0.951. The second kappa shape index (κ2) is 6.47. The highest BCUT2D eigenvalue weighted by atomic mass is 16.5. The molecule has 0 saturated heterocycles. The summed E-state index contributed by atoms with van der Waals surface area (Å²) in [5.41, 5.74) is 0.831. The normalized spacial score (nSPS) is 12.7. The lowest BCUT2D eigenvalue weighted by Crippen LogP contribution is -2.34. The van der Waals surface area contributed by atoms with Crippen LogP contribution in [0.15, 0.2) is 29.0 Å². The van der Waals surface area contributed by atoms with Crippen LogP contribution >= 0.6 is 0 Å². The van der Waals surface area contributed by atoms with E-state index in [2.05, 4.69) is 20.4 Å². The SMILES string of the molecule is CC(C)C(=O)N[C@@H](c1nc(-c2ccncc2)no1)C(C)C. The van der Waals surface area contributed by atoms with Gasteiger partial charge in [-0.15, -0.1) is 0 Å². The Kier molecular flexibility index (Phi) is 4.67. The molecule has 0 aliphatic rings. The largest absolute Gasteiger partial charge is 0.344 e. The highest BCUT2D eigenvalue weighted by Crippen LogP contribution is 2.23. The zero-order valence-electron chi connectivity index (χ0n) is 12.7. The first-order valence-electron chi connectivity index (χ1n) is 7.03. The lowest BCUT2D eigenvalue weighted by molar-refractivity contribution is -0.125. The number of rotatable bonds is 5. The van der Waals surface area contributed by atoms with Crippen molar-refractivity contribution in [3.8, 4) is 11.4 Å². The predicted octanol–water partition coefficient (Wildman–Crippen LogP) is 2.60. The average molecular weight is 288 g/mol. The third kappa shape index (κ3) is 3.65. The minimum Gasteiger partial charge on any atom is -0.344 e. The van der Waals surface area contributed by atoms with Gasteiger partial charge in [-0.25, -0.2) is 0 Å². The minimum atomic E-state index is -0.289. The summed E-state index contributed by atoms with van der Waals surface area (Å²) in [4.78, 5) is 20.2. The molecule has 2 heterocycles. The predicted molar refractivity (Wildman–Crippen MR) is 78.1 cm³/mol. The molecule has 1 amide bonds. The molecule has 6 nitrogen and oxygen atoms in total. The Morgan fingerprint density at radius 2 is 1.86 bits per heavy atom. The number of aromatic nitrogens is 3. The molecule has 21 heavy (non-hydrogen) atoms. The number of carbonyl (C=O) groups excluding carboxylic acids is 1. The Morgan fingerprint density at radius 3 is 2.43 bits per heavy atom. The van der Waals surface area contributed by atoms with E-state index in [0.29, 0.717) is 11.7 Å². The summed E-state index contributed by atoms with van der Waals surface area (Å²) in [6.07, 6.45) is 3.34. The molecule has 0 aliphatic carbocycles. The van der Waals surface area contributed by atoms with Crippen LogP contribution in [0.4, 0.5) is 0 Å². The van der Waals surface area contributed by atoms with Gasteiger partial charge in [-0.1, -0.05) is 32.9 Å². The van der Waals surface area contributed by atoms with Gasteiger partial charge in [0.15, 0.2) is 0 Å². The van der Waals surface area contributed by atoms with E-state index in [1.807, 2.05) is 39.8 Å². The fraction of sp³-hybridized carbons (Fsp3) is 0.467. The van der Waals surface area contributed by atoms with Gasteiger partial charge in [-0.2, -0.15) is 4.98 Å². The quantitative estimate of drug-likeness (QED) is 0.914. The molecular formula is C15H20N4O2. The van der Waals surface area contributed by atoms with E-state index >= 15 is 0 Å². The van der Waals surface area contributed by atoms with Crippen LogP contribution < -0.4 is 5.32 Å². The van der Waals surface area contributed by atoms with Crippen LogP contribution in [0.1, 0.15) is 39.6 Å². The van der Waals surface area contributed by atoms with Crippen molar-refractivity contribution >= 4 is 5.91 Å². The maximum atomic E-state index is 11.9. The lowest BCUT2D eigenvalue weighted by atomic mass is 10.0. The van der Waals surface area contributed by atoms with Crippen molar-refractivity contribution in [2.24, 2.45) is 11.8 Å². The summed E-state index contributed by atoms with van der Waals surface area (Å²) < 4.78 is 5.33. The van der Waals surface area contributed by atoms with E-state index in [1.54, 1.807) is 12.4 Å². The Labute approximate surface area is 124 Å². The van der Waals surface area contributed by atoms with Crippen molar-refractivity contribution in [1.29, 1.82) is 0 Å². The van der Waals surface area contributed by atoms with Crippen LogP contribution in [0.5, 0.6) is 0 Å². The molecule has 2 aromatic rings. The topological polar surface area (TPSA) is 80.9 Å². The Morgan fingerprint density at radius 1 is 1.19 bits per heavy atom. The van der Waals surface area contributed by atoms with Gasteiger partial charge in [0.05, 0.1) is 0 Å². The van der Waals surface area contributed by atoms with Gasteiger partial charge in [0.2, 0.25) is 17.6 Å². The van der Waals surface area contributed by atoms with Crippen LogP contribution in [-0.2, 0) is 4.79 Å². The van der Waals surface area contributed by atoms with Crippen LogP contribution in [0.25, 0.3) is 11.4 Å². The van der Waals surface area contributed by atoms with E-state index in [9.17, 15) is 4.79 Å². The molecule has 1 N–H and O–H groups in total. The molecule has 0 bridgehead atoms. The maximum Gasteiger partial charge on any atom is 0.249 e. The molecule has 0 aromatic carbocycles. The van der Waals surface area contributed by atoms with E-state index < -0.39 is 0 Å². The van der Waals surface area contributed by atoms with Crippen LogP contribution in [0.2, 0.25) is 0 Å². The monoisotopic (exact) mass is 288 g/mol. The van der Waals surface area contributed by atoms with Gasteiger partial charge >= 0.3 is 0 Å². The van der Waals surface area contributed by atoms with Gasteiger partial charge in [0, 0.05) is 23.9 Å². The lowest BCUT2D eigenvalue weighted by Gasteiger charge is -2.19. The van der Waals surface area contributed by atoms with Crippen molar-refractivity contribution in [3.63, 3.8) is 0 Å². The molecule has 0 unspecified atom stereocenters. The molecule has 2 aromatic heterocycles. The molecule has 1 atom stereocenters. The van der Waals surface area contributed by atoms with Crippen LogP contribution in [-0.4, -0.2) is 21.0 Å². The molecule has 0 saturated carbocycles. The number of pyridine rings is 1. The summed E-state index contributed by atoms with van der Waals surface area (Å²) in [6.45, 7) is 7.70. The number of carbonyl (C=O) groups is 1. The van der Waals surface area contributed by atoms with Crippen LogP contribution in [0.3, 0.4) is 0 Å². The molecule has 112 valence electrons. The fourth-order valence-corrected chi connectivity index (χ4v) is 1.81. The van der Waals surface area contributed by atoms with Gasteiger partial charge in [-0.05, 0) is 18.1 Å². The van der Waals surface area contributed by atoms with Crippen molar-refractivity contribution in [2.45, 2.75) is 33.7 Å². The number of nitrogens with zero attached hydrogens (tertiary/aromatic N) is 3. The molecule has 0 spiro atoms. The summed E-state index contributed by atoms with van der Waals surface area (Å²) >= 11 is 0. The third-order valence-corrected chi connectivity index (χ3v) is 3.14. The molecular weight excluding hydrogens is 268 g/mol. The minimum absolute atomic E-state index is 0.0302. The van der Waals surface area contributed by atoms with Crippen molar-refractivity contribution in [3.05, 3.63) is 30.4 Å². The zero-order valence-corrected chi connectivity index (χ0v) is 12.7. The Bertz CT molecular complexity index is 593. The first-order valence-corrected chi connectivity index (χ1v) is 7.03.